The molecule has 1 aliphatic rings. The van der Waals surface area contributed by atoms with Crippen molar-refractivity contribution in [2.75, 3.05) is 32.2 Å². The number of nitrogens with zero attached hydrogens (tertiary/aromatic N) is 3. The highest BCUT2D eigenvalue weighted by Gasteiger charge is 2.29. The van der Waals surface area contributed by atoms with Gasteiger partial charge in [-0.3, -0.25) is 4.79 Å². The molecule has 3 aromatic rings. The van der Waals surface area contributed by atoms with Crippen molar-refractivity contribution < 1.29 is 4.79 Å². The molecule has 0 spiro atoms. The van der Waals surface area contributed by atoms with Gasteiger partial charge in [-0.1, -0.05) is 48.5 Å². The number of anilines is 1. The predicted octanol–water partition coefficient (Wildman–Crippen LogP) is 4.81. The van der Waals surface area contributed by atoms with Crippen LogP contribution in [0.25, 0.3) is 11.1 Å². The van der Waals surface area contributed by atoms with E-state index in [0.29, 0.717) is 13.1 Å². The monoisotopic (exact) mass is 485 g/mol. The second-order valence-electron chi connectivity index (χ2n) is 10.0. The van der Waals surface area contributed by atoms with Crippen LogP contribution in [-0.2, 0) is 13.1 Å². The van der Waals surface area contributed by atoms with Crippen LogP contribution in [0.2, 0.25) is 0 Å². The first-order valence-electron chi connectivity index (χ1n) is 12.8. The van der Waals surface area contributed by atoms with Crippen LogP contribution in [0.1, 0.15) is 53.9 Å². The van der Waals surface area contributed by atoms with E-state index in [-0.39, 0.29) is 18.0 Å². The molecular formula is C30H39N5O. The predicted molar refractivity (Wildman–Crippen MR) is 149 cm³/mol. The molecule has 0 aliphatic carbocycles. The molecule has 36 heavy (non-hydrogen) atoms. The van der Waals surface area contributed by atoms with Crippen molar-refractivity contribution >= 4 is 11.6 Å². The summed E-state index contributed by atoms with van der Waals surface area (Å²) in [4.78, 5) is 18.0. The highest BCUT2D eigenvalue weighted by Crippen LogP contribution is 2.36. The van der Waals surface area contributed by atoms with Gasteiger partial charge < -0.3 is 20.5 Å². The maximum atomic E-state index is 13.9. The number of likely N-dealkylation sites (N-methyl/N-ethyl adjacent to an activating group) is 1. The molecule has 0 fully saturated rings. The van der Waals surface area contributed by atoms with Crippen LogP contribution in [0, 0.1) is 0 Å². The molecule has 0 saturated carbocycles. The summed E-state index contributed by atoms with van der Waals surface area (Å²) in [6.07, 6.45) is 0. The Bertz CT molecular complexity index is 1190. The number of amides is 1. The Morgan fingerprint density at radius 1 is 1.00 bits per heavy atom. The van der Waals surface area contributed by atoms with E-state index >= 15 is 0 Å². The molecule has 6 nitrogen and oxygen atoms in total. The number of hydrogen-bond acceptors (Lipinski definition) is 5. The van der Waals surface area contributed by atoms with Crippen LogP contribution in [-0.4, -0.2) is 48.9 Å². The Morgan fingerprint density at radius 3 is 2.44 bits per heavy atom. The summed E-state index contributed by atoms with van der Waals surface area (Å²) in [5.41, 5.74) is 16.6. The van der Waals surface area contributed by atoms with E-state index in [0.717, 1.165) is 46.6 Å². The van der Waals surface area contributed by atoms with Gasteiger partial charge >= 0.3 is 0 Å². The van der Waals surface area contributed by atoms with Gasteiger partial charge in [0.25, 0.3) is 5.91 Å². The Morgan fingerprint density at radius 2 is 1.75 bits per heavy atom. The maximum Gasteiger partial charge on any atom is 0.254 e. The van der Waals surface area contributed by atoms with Crippen LogP contribution in [0.3, 0.4) is 0 Å². The number of carbonyl (C=O) groups is 1. The minimum Gasteiger partial charge on any atom is -0.335 e. The number of nitrogens with one attached hydrogen (secondary N) is 1. The smallest absolute Gasteiger partial charge is 0.254 e. The van der Waals surface area contributed by atoms with E-state index < -0.39 is 0 Å². The fraction of sp³-hybridized carbons (Fsp3) is 0.367. The molecule has 0 unspecified atom stereocenters. The van der Waals surface area contributed by atoms with Gasteiger partial charge in [0.1, 0.15) is 0 Å². The summed E-state index contributed by atoms with van der Waals surface area (Å²) in [7, 11) is 3.98. The Hall–Kier alpha value is -3.19. The Balaban J connectivity index is 1.74. The van der Waals surface area contributed by atoms with E-state index in [2.05, 4.69) is 91.7 Å². The Labute approximate surface area is 215 Å². The van der Waals surface area contributed by atoms with Gasteiger partial charge in [0.15, 0.2) is 0 Å². The lowest BCUT2D eigenvalue weighted by Crippen LogP contribution is -2.38. The van der Waals surface area contributed by atoms with Crippen LogP contribution in [0.5, 0.6) is 0 Å². The zero-order valence-corrected chi connectivity index (χ0v) is 22.2. The van der Waals surface area contributed by atoms with Gasteiger partial charge in [0, 0.05) is 50.4 Å². The first-order valence-corrected chi connectivity index (χ1v) is 12.8. The lowest BCUT2D eigenvalue weighted by Gasteiger charge is -2.27. The first kappa shape index (κ1) is 25.9. The fourth-order valence-electron chi connectivity index (χ4n) is 4.91. The Kier molecular flexibility index (Phi) is 8.09. The van der Waals surface area contributed by atoms with Crippen molar-refractivity contribution in [3.05, 3.63) is 89.0 Å². The van der Waals surface area contributed by atoms with Crippen LogP contribution in [0.4, 0.5) is 5.69 Å². The van der Waals surface area contributed by atoms with E-state index in [1.807, 2.05) is 30.1 Å². The van der Waals surface area contributed by atoms with Crippen molar-refractivity contribution in [3.63, 3.8) is 0 Å². The summed E-state index contributed by atoms with van der Waals surface area (Å²) >= 11 is 0. The van der Waals surface area contributed by atoms with E-state index in [1.54, 1.807) is 0 Å². The fourth-order valence-corrected chi connectivity index (χ4v) is 4.91. The molecule has 0 bridgehead atoms. The average molecular weight is 486 g/mol. The molecular weight excluding hydrogens is 446 g/mol. The van der Waals surface area contributed by atoms with Crippen molar-refractivity contribution in [2.45, 2.75) is 45.9 Å². The quantitative estimate of drug-likeness (QED) is 0.455. The van der Waals surface area contributed by atoms with Gasteiger partial charge in [0.05, 0.1) is 11.7 Å². The molecule has 0 aromatic heterocycles. The van der Waals surface area contributed by atoms with Crippen molar-refractivity contribution in [3.8, 4) is 11.1 Å². The third-order valence-corrected chi connectivity index (χ3v) is 7.07. The molecule has 1 heterocycles. The molecule has 3 N–H and O–H groups in total. The molecule has 4 rings (SSSR count). The zero-order chi connectivity index (χ0) is 25.8. The van der Waals surface area contributed by atoms with Gasteiger partial charge in [-0.15, -0.1) is 0 Å². The summed E-state index contributed by atoms with van der Waals surface area (Å²) in [5.74, 6) is 0.0377. The summed E-state index contributed by atoms with van der Waals surface area (Å²) < 4.78 is 0. The third-order valence-electron chi connectivity index (χ3n) is 7.07. The summed E-state index contributed by atoms with van der Waals surface area (Å²) in [6.45, 7) is 9.37. The molecule has 3 aromatic carbocycles. The van der Waals surface area contributed by atoms with Crippen molar-refractivity contribution in [2.24, 2.45) is 5.73 Å². The number of fused-ring (bicyclic) bond motifs is 1. The minimum atomic E-state index is -0.0324. The van der Waals surface area contributed by atoms with Crippen LogP contribution >= 0.6 is 0 Å². The number of rotatable bonds is 9. The normalized spacial score (nSPS) is 13.8. The second-order valence-corrected chi connectivity index (χ2v) is 10.0. The first-order chi connectivity index (χ1) is 17.3. The van der Waals surface area contributed by atoms with Gasteiger partial charge in [-0.05, 0) is 68.3 Å². The minimum absolute atomic E-state index is 0.0324. The number of nitrogens with two attached hydrogens (primary N) is 1. The van der Waals surface area contributed by atoms with Gasteiger partial charge in [-0.2, -0.15) is 0 Å². The van der Waals surface area contributed by atoms with Crippen molar-refractivity contribution in [1.29, 1.82) is 0 Å². The lowest BCUT2D eigenvalue weighted by molar-refractivity contribution is 0.0741. The highest BCUT2D eigenvalue weighted by molar-refractivity contribution is 5.99. The topological polar surface area (TPSA) is 64.8 Å². The van der Waals surface area contributed by atoms with Gasteiger partial charge in [-0.25, -0.2) is 5.43 Å². The second kappa shape index (κ2) is 11.2. The highest BCUT2D eigenvalue weighted by atomic mass is 16.2. The molecule has 6 heteroatoms. The van der Waals surface area contributed by atoms with Crippen LogP contribution < -0.4 is 16.2 Å². The number of hydrazine groups is 1. The molecule has 190 valence electrons. The number of carbonyl (C=O) groups excluding carboxylic acids is 1. The number of hydrogen-bond donors (Lipinski definition) is 2. The zero-order valence-electron chi connectivity index (χ0n) is 22.2. The number of benzene rings is 3. The van der Waals surface area contributed by atoms with E-state index in [1.165, 1.54) is 5.56 Å². The average Bonchev–Trinajstić information content (AvgIpc) is 3.32. The largest absolute Gasteiger partial charge is 0.335 e. The summed E-state index contributed by atoms with van der Waals surface area (Å²) in [5, 5.41) is 2.18. The molecule has 0 radical (unpaired) electrons. The van der Waals surface area contributed by atoms with E-state index in [4.69, 9.17) is 5.73 Å². The summed E-state index contributed by atoms with van der Waals surface area (Å²) in [6, 6.07) is 23.3. The molecule has 0 saturated heterocycles. The van der Waals surface area contributed by atoms with Crippen molar-refractivity contribution in [1.82, 2.24) is 15.2 Å². The maximum absolute atomic E-state index is 13.9. The van der Waals surface area contributed by atoms with Gasteiger partial charge in [0.2, 0.25) is 0 Å². The standard InChI is InChI=1S/C30H39N5O/c1-21(2)35-29-18-26(25-13-9-10-23(16-25)20-33(4)15-14-31)17-27(28(29)19-32-35)30(36)34(5)22(3)24-11-7-6-8-12-24/h6-13,16-18,21-22,32H,14-15,19-20,31H2,1-5H3/t22-/m0/s1. The third kappa shape index (κ3) is 5.46. The lowest BCUT2D eigenvalue weighted by atomic mass is 9.95. The molecule has 1 amide bonds. The SMILES string of the molecule is CC(C)N1NCc2c(C(=O)N(C)[C@@H](C)c3ccccc3)cc(-c3cccc(CN(C)CCN)c3)cc21. The molecule has 1 aliphatic heterocycles. The molecule has 1 atom stereocenters. The van der Waals surface area contributed by atoms with E-state index in [9.17, 15) is 4.79 Å². The van der Waals surface area contributed by atoms with Crippen LogP contribution in [0.15, 0.2) is 66.7 Å².